The Morgan fingerprint density at radius 2 is 1.89 bits per heavy atom. The van der Waals surface area contributed by atoms with Crippen molar-refractivity contribution in [3.05, 3.63) is 63.9 Å². The summed E-state index contributed by atoms with van der Waals surface area (Å²) in [5, 5.41) is 0. The molecule has 1 unspecified atom stereocenters. The molecule has 2 nitrogen and oxygen atoms in total. The summed E-state index contributed by atoms with van der Waals surface area (Å²) in [5.41, 5.74) is 7.93. The zero-order chi connectivity index (χ0) is 13.1. The number of ether oxygens (including phenoxy) is 1. The van der Waals surface area contributed by atoms with E-state index in [4.69, 9.17) is 10.5 Å². The highest BCUT2D eigenvalue weighted by atomic mass is 79.9. The smallest absolute Gasteiger partial charge is 0.137 e. The van der Waals surface area contributed by atoms with E-state index in [0.29, 0.717) is 4.47 Å². The maximum atomic E-state index is 13.2. The molecule has 18 heavy (non-hydrogen) atoms. The average Bonchev–Trinajstić information content (AvgIpc) is 2.41. The first-order chi connectivity index (χ1) is 8.61. The van der Waals surface area contributed by atoms with Gasteiger partial charge in [0.25, 0.3) is 0 Å². The average molecular weight is 310 g/mol. The lowest BCUT2D eigenvalue weighted by atomic mass is 9.99. The molecule has 0 aliphatic carbocycles. The summed E-state index contributed by atoms with van der Waals surface area (Å²) >= 11 is 3.16. The Kier molecular flexibility index (Phi) is 3.99. The summed E-state index contributed by atoms with van der Waals surface area (Å²) in [4.78, 5) is 0. The molecule has 0 amide bonds. The zero-order valence-electron chi connectivity index (χ0n) is 9.86. The van der Waals surface area contributed by atoms with Gasteiger partial charge in [0.05, 0.1) is 17.6 Å². The maximum Gasteiger partial charge on any atom is 0.137 e. The highest BCUT2D eigenvalue weighted by Crippen LogP contribution is 2.26. The SMILES string of the molecule is COc1cccc(C(N)c2ccc(F)c(Br)c2)c1. The molecule has 0 spiro atoms. The molecule has 0 aromatic heterocycles. The summed E-state index contributed by atoms with van der Waals surface area (Å²) in [6.07, 6.45) is 0. The minimum absolute atomic E-state index is 0.295. The van der Waals surface area contributed by atoms with E-state index in [1.165, 1.54) is 6.07 Å². The van der Waals surface area contributed by atoms with Gasteiger partial charge in [-0.2, -0.15) is 0 Å². The molecule has 0 radical (unpaired) electrons. The summed E-state index contributed by atoms with van der Waals surface area (Å²) in [7, 11) is 1.61. The Balaban J connectivity index is 2.34. The first-order valence-electron chi connectivity index (χ1n) is 5.46. The Morgan fingerprint density at radius 1 is 1.17 bits per heavy atom. The lowest BCUT2D eigenvalue weighted by Crippen LogP contribution is -2.12. The fraction of sp³-hybridized carbons (Fsp3) is 0.143. The maximum absolute atomic E-state index is 13.2. The highest BCUT2D eigenvalue weighted by Gasteiger charge is 2.11. The minimum Gasteiger partial charge on any atom is -0.497 e. The number of nitrogens with two attached hydrogens (primary N) is 1. The van der Waals surface area contributed by atoms with Gasteiger partial charge in [-0.15, -0.1) is 0 Å². The highest BCUT2D eigenvalue weighted by molar-refractivity contribution is 9.10. The Bertz CT molecular complexity index is 559. The molecule has 0 aliphatic rings. The van der Waals surface area contributed by atoms with Crippen LogP contribution in [0.15, 0.2) is 46.9 Å². The fourth-order valence-corrected chi connectivity index (χ4v) is 2.13. The van der Waals surface area contributed by atoms with Gasteiger partial charge < -0.3 is 10.5 Å². The molecule has 4 heteroatoms. The minimum atomic E-state index is -0.308. The second-order valence-electron chi connectivity index (χ2n) is 3.93. The van der Waals surface area contributed by atoms with Crippen molar-refractivity contribution in [2.45, 2.75) is 6.04 Å². The van der Waals surface area contributed by atoms with Crippen molar-refractivity contribution < 1.29 is 9.13 Å². The summed E-state index contributed by atoms with van der Waals surface area (Å²) in [5.74, 6) is 0.459. The van der Waals surface area contributed by atoms with Crippen LogP contribution in [-0.2, 0) is 0 Å². The van der Waals surface area contributed by atoms with E-state index in [9.17, 15) is 4.39 Å². The van der Waals surface area contributed by atoms with E-state index in [1.54, 1.807) is 19.2 Å². The van der Waals surface area contributed by atoms with Crippen LogP contribution in [0.3, 0.4) is 0 Å². The Hall–Kier alpha value is -1.39. The molecule has 2 rings (SSSR count). The molecule has 0 heterocycles. The number of hydrogen-bond acceptors (Lipinski definition) is 2. The molecule has 0 fully saturated rings. The summed E-state index contributed by atoms with van der Waals surface area (Å²) in [6, 6.07) is 12.0. The molecule has 2 N–H and O–H groups in total. The Morgan fingerprint density at radius 3 is 2.56 bits per heavy atom. The van der Waals surface area contributed by atoms with Crippen LogP contribution in [0.4, 0.5) is 4.39 Å². The van der Waals surface area contributed by atoms with Gasteiger partial charge >= 0.3 is 0 Å². The van der Waals surface area contributed by atoms with Gasteiger partial charge in [-0.05, 0) is 51.3 Å². The topological polar surface area (TPSA) is 35.2 Å². The molecular formula is C14H13BrFNO. The first-order valence-corrected chi connectivity index (χ1v) is 6.25. The van der Waals surface area contributed by atoms with Gasteiger partial charge in [0.1, 0.15) is 11.6 Å². The molecule has 2 aromatic carbocycles. The van der Waals surface area contributed by atoms with Crippen molar-refractivity contribution in [3.63, 3.8) is 0 Å². The van der Waals surface area contributed by atoms with Crippen LogP contribution in [0.1, 0.15) is 17.2 Å². The van der Waals surface area contributed by atoms with Crippen molar-refractivity contribution in [2.24, 2.45) is 5.73 Å². The molecule has 0 saturated heterocycles. The molecule has 2 aromatic rings. The van der Waals surface area contributed by atoms with E-state index < -0.39 is 0 Å². The molecular weight excluding hydrogens is 297 g/mol. The van der Waals surface area contributed by atoms with E-state index >= 15 is 0 Å². The number of methoxy groups -OCH3 is 1. The predicted molar refractivity (Wildman–Crippen MR) is 73.1 cm³/mol. The monoisotopic (exact) mass is 309 g/mol. The number of halogens is 2. The normalized spacial score (nSPS) is 12.2. The molecule has 0 bridgehead atoms. The summed E-state index contributed by atoms with van der Waals surface area (Å²) < 4.78 is 18.7. The molecule has 0 aliphatic heterocycles. The third kappa shape index (κ3) is 2.71. The third-order valence-electron chi connectivity index (χ3n) is 2.76. The van der Waals surface area contributed by atoms with E-state index in [0.717, 1.165) is 16.9 Å². The van der Waals surface area contributed by atoms with Crippen LogP contribution in [0.2, 0.25) is 0 Å². The molecule has 1 atom stereocenters. The van der Waals surface area contributed by atoms with Crippen molar-refractivity contribution in [2.75, 3.05) is 7.11 Å². The van der Waals surface area contributed by atoms with Crippen LogP contribution in [-0.4, -0.2) is 7.11 Å². The molecule has 94 valence electrons. The molecule has 0 saturated carbocycles. The zero-order valence-corrected chi connectivity index (χ0v) is 11.4. The fourth-order valence-electron chi connectivity index (χ4n) is 1.73. The van der Waals surface area contributed by atoms with E-state index in [2.05, 4.69) is 15.9 Å². The third-order valence-corrected chi connectivity index (χ3v) is 3.36. The van der Waals surface area contributed by atoms with Crippen molar-refractivity contribution in [1.29, 1.82) is 0 Å². The van der Waals surface area contributed by atoms with Crippen LogP contribution in [0.5, 0.6) is 5.75 Å². The second-order valence-corrected chi connectivity index (χ2v) is 4.78. The quantitative estimate of drug-likeness (QED) is 0.939. The van der Waals surface area contributed by atoms with E-state index in [-0.39, 0.29) is 11.9 Å². The van der Waals surface area contributed by atoms with Crippen LogP contribution in [0, 0.1) is 5.82 Å². The van der Waals surface area contributed by atoms with Crippen molar-refractivity contribution in [1.82, 2.24) is 0 Å². The van der Waals surface area contributed by atoms with Gasteiger partial charge in [0.15, 0.2) is 0 Å². The number of hydrogen-bond donors (Lipinski definition) is 1. The number of rotatable bonds is 3. The van der Waals surface area contributed by atoms with Gasteiger partial charge in [-0.25, -0.2) is 4.39 Å². The van der Waals surface area contributed by atoms with Crippen LogP contribution < -0.4 is 10.5 Å². The lowest BCUT2D eigenvalue weighted by Gasteiger charge is -2.14. The van der Waals surface area contributed by atoms with Crippen molar-refractivity contribution >= 4 is 15.9 Å². The van der Waals surface area contributed by atoms with Gasteiger partial charge in [0.2, 0.25) is 0 Å². The standard InChI is InChI=1S/C14H13BrFNO/c1-18-11-4-2-3-9(7-11)14(17)10-5-6-13(16)12(15)8-10/h2-8,14H,17H2,1H3. The number of benzene rings is 2. The lowest BCUT2D eigenvalue weighted by molar-refractivity contribution is 0.414. The van der Waals surface area contributed by atoms with Crippen molar-refractivity contribution in [3.8, 4) is 5.75 Å². The largest absolute Gasteiger partial charge is 0.497 e. The Labute approximate surface area is 114 Å². The predicted octanol–water partition coefficient (Wildman–Crippen LogP) is 3.64. The summed E-state index contributed by atoms with van der Waals surface area (Å²) in [6.45, 7) is 0. The van der Waals surface area contributed by atoms with Gasteiger partial charge in [-0.1, -0.05) is 18.2 Å². The first kappa shape index (κ1) is 13.1. The van der Waals surface area contributed by atoms with Crippen LogP contribution >= 0.6 is 15.9 Å². The van der Waals surface area contributed by atoms with Crippen LogP contribution in [0.25, 0.3) is 0 Å². The van der Waals surface area contributed by atoms with Gasteiger partial charge in [0, 0.05) is 0 Å². The van der Waals surface area contributed by atoms with E-state index in [1.807, 2.05) is 24.3 Å². The second kappa shape index (κ2) is 5.50. The van der Waals surface area contributed by atoms with Gasteiger partial charge in [-0.3, -0.25) is 0 Å².